The number of nitrogens with zero attached hydrogens (tertiary/aromatic N) is 1. The van der Waals surface area contributed by atoms with Gasteiger partial charge in [0, 0.05) is 19.1 Å². The van der Waals surface area contributed by atoms with Crippen LogP contribution in [0.1, 0.15) is 31.1 Å². The molecule has 0 spiro atoms. The van der Waals surface area contributed by atoms with Crippen LogP contribution in [0, 0.1) is 0 Å². The summed E-state index contributed by atoms with van der Waals surface area (Å²) in [6.45, 7) is 5.87. The third-order valence-corrected chi connectivity index (χ3v) is 3.39. The molecule has 1 heterocycles. The third-order valence-electron chi connectivity index (χ3n) is 3.39. The smallest absolute Gasteiger partial charge is 0.209 e. The zero-order chi connectivity index (χ0) is 13.8. The lowest BCUT2D eigenvalue weighted by molar-refractivity contribution is -0.110. The normalized spacial score (nSPS) is 19.1. The van der Waals surface area contributed by atoms with Crippen molar-refractivity contribution >= 4 is 6.41 Å². The van der Waals surface area contributed by atoms with Gasteiger partial charge in [0.25, 0.3) is 0 Å². The first kappa shape index (κ1) is 13.8. The van der Waals surface area contributed by atoms with Crippen molar-refractivity contribution in [1.82, 2.24) is 10.2 Å². The van der Waals surface area contributed by atoms with Gasteiger partial charge in [0.05, 0.1) is 6.10 Å². The molecule has 1 atom stereocenters. The Hall–Kier alpha value is -1.59. The molecule has 1 unspecified atom stereocenters. The quantitative estimate of drug-likeness (QED) is 0.473. The first-order chi connectivity index (χ1) is 9.11. The van der Waals surface area contributed by atoms with E-state index in [1.165, 1.54) is 0 Å². The molecule has 1 aliphatic heterocycles. The summed E-state index contributed by atoms with van der Waals surface area (Å²) in [5, 5.41) is 12.6. The lowest BCUT2D eigenvalue weighted by atomic mass is 9.96. The molecule has 19 heavy (non-hydrogen) atoms. The van der Waals surface area contributed by atoms with Crippen molar-refractivity contribution in [3.8, 4) is 5.75 Å². The first-order valence-corrected chi connectivity index (χ1v) is 6.46. The molecular weight excluding hydrogens is 244 g/mol. The maximum atomic E-state index is 10.2. The summed E-state index contributed by atoms with van der Waals surface area (Å²) < 4.78 is 5.37. The molecule has 0 radical (unpaired) electrons. The van der Waals surface area contributed by atoms with Crippen molar-refractivity contribution in [2.45, 2.75) is 32.5 Å². The lowest BCUT2D eigenvalue weighted by Crippen LogP contribution is -2.38. The summed E-state index contributed by atoms with van der Waals surface area (Å²) in [5.74, 6) is 0.658. The highest BCUT2D eigenvalue weighted by molar-refractivity contribution is 5.45. The Morgan fingerprint density at radius 3 is 3.05 bits per heavy atom. The van der Waals surface area contributed by atoms with Gasteiger partial charge < -0.3 is 15.2 Å². The van der Waals surface area contributed by atoms with Crippen LogP contribution in [-0.2, 0) is 11.3 Å². The van der Waals surface area contributed by atoms with Gasteiger partial charge in [0.2, 0.25) is 6.41 Å². The summed E-state index contributed by atoms with van der Waals surface area (Å²) >= 11 is 0. The second-order valence-corrected chi connectivity index (χ2v) is 5.01. The minimum atomic E-state index is -0.492. The maximum Gasteiger partial charge on any atom is 0.209 e. The van der Waals surface area contributed by atoms with Crippen molar-refractivity contribution in [2.75, 3.05) is 13.3 Å². The van der Waals surface area contributed by atoms with Crippen molar-refractivity contribution in [2.24, 2.45) is 0 Å². The zero-order valence-corrected chi connectivity index (χ0v) is 11.3. The standard InChI is InChI=1S/C14H20N2O3/c1-10(2)16-6-11-3-4-12(19-9-15-8-17)5-13(11)14(18)7-16/h3-5,8,10,14,18H,6-7,9H2,1-2H3,(H,15,17). The number of benzene rings is 1. The van der Waals surface area contributed by atoms with Crippen molar-refractivity contribution in [3.05, 3.63) is 29.3 Å². The van der Waals surface area contributed by atoms with Gasteiger partial charge in [-0.1, -0.05) is 6.07 Å². The van der Waals surface area contributed by atoms with Crippen LogP contribution in [0.25, 0.3) is 0 Å². The summed E-state index contributed by atoms with van der Waals surface area (Å²) in [4.78, 5) is 12.4. The predicted octanol–water partition coefficient (Wildman–Crippen LogP) is 1.03. The Morgan fingerprint density at radius 2 is 2.37 bits per heavy atom. The predicted molar refractivity (Wildman–Crippen MR) is 71.6 cm³/mol. The van der Waals surface area contributed by atoms with Gasteiger partial charge >= 0.3 is 0 Å². The van der Waals surface area contributed by atoms with Crippen molar-refractivity contribution in [3.63, 3.8) is 0 Å². The van der Waals surface area contributed by atoms with Gasteiger partial charge in [0.15, 0.2) is 6.73 Å². The highest BCUT2D eigenvalue weighted by atomic mass is 16.5. The summed E-state index contributed by atoms with van der Waals surface area (Å²) in [6, 6.07) is 6.10. The van der Waals surface area contributed by atoms with Crippen LogP contribution in [-0.4, -0.2) is 35.7 Å². The first-order valence-electron chi connectivity index (χ1n) is 6.46. The van der Waals surface area contributed by atoms with Crippen LogP contribution in [0.3, 0.4) is 0 Å². The lowest BCUT2D eigenvalue weighted by Gasteiger charge is -2.35. The van der Waals surface area contributed by atoms with E-state index in [0.29, 0.717) is 24.7 Å². The summed E-state index contributed by atoms with van der Waals surface area (Å²) in [6.07, 6.45) is 0.0991. The van der Waals surface area contributed by atoms with E-state index in [4.69, 9.17) is 4.74 Å². The molecule has 1 aromatic rings. The van der Waals surface area contributed by atoms with Crippen molar-refractivity contribution < 1.29 is 14.6 Å². The number of hydrogen-bond acceptors (Lipinski definition) is 4. The molecule has 2 rings (SSSR count). The van der Waals surface area contributed by atoms with E-state index >= 15 is 0 Å². The van der Waals surface area contributed by atoms with Gasteiger partial charge in [-0.2, -0.15) is 0 Å². The third kappa shape index (κ3) is 3.24. The SMILES string of the molecule is CC(C)N1Cc2ccc(OCNC=O)cc2C(O)C1. The molecule has 2 N–H and O–H groups in total. The highest BCUT2D eigenvalue weighted by Gasteiger charge is 2.25. The Morgan fingerprint density at radius 1 is 1.58 bits per heavy atom. The average Bonchev–Trinajstić information content (AvgIpc) is 2.39. The average molecular weight is 264 g/mol. The molecule has 0 saturated heterocycles. The second kappa shape index (κ2) is 6.04. The van der Waals surface area contributed by atoms with Gasteiger partial charge in [0.1, 0.15) is 5.75 Å². The van der Waals surface area contributed by atoms with Crippen LogP contribution < -0.4 is 10.1 Å². The molecule has 0 aliphatic carbocycles. The number of aliphatic hydroxyl groups excluding tert-OH is 1. The molecule has 104 valence electrons. The maximum absolute atomic E-state index is 10.2. The number of carbonyl (C=O) groups excluding carboxylic acids is 1. The van der Waals surface area contributed by atoms with Gasteiger partial charge in [-0.15, -0.1) is 0 Å². The van der Waals surface area contributed by atoms with E-state index in [-0.39, 0.29) is 6.73 Å². The Bertz CT molecular complexity index is 448. The van der Waals surface area contributed by atoms with Gasteiger partial charge in [-0.3, -0.25) is 9.69 Å². The second-order valence-electron chi connectivity index (χ2n) is 5.01. The molecule has 0 fully saturated rings. The molecule has 1 aromatic carbocycles. The molecule has 1 amide bonds. The largest absolute Gasteiger partial charge is 0.473 e. The molecule has 0 bridgehead atoms. The van der Waals surface area contributed by atoms with Crippen LogP contribution in [0.4, 0.5) is 0 Å². The van der Waals surface area contributed by atoms with Gasteiger partial charge in [-0.25, -0.2) is 0 Å². The van der Waals surface area contributed by atoms with Crippen molar-refractivity contribution in [1.29, 1.82) is 0 Å². The number of carbonyl (C=O) groups is 1. The Balaban J connectivity index is 2.12. The summed E-state index contributed by atoms with van der Waals surface area (Å²) in [7, 11) is 0. The molecule has 5 heteroatoms. The number of hydrogen-bond donors (Lipinski definition) is 2. The van der Waals surface area contributed by atoms with E-state index in [2.05, 4.69) is 24.1 Å². The number of nitrogens with one attached hydrogen (secondary N) is 1. The fraction of sp³-hybridized carbons (Fsp3) is 0.500. The molecule has 5 nitrogen and oxygen atoms in total. The van der Waals surface area contributed by atoms with E-state index < -0.39 is 6.10 Å². The molecule has 0 saturated carbocycles. The van der Waals surface area contributed by atoms with Gasteiger partial charge in [-0.05, 0) is 37.1 Å². The van der Waals surface area contributed by atoms with E-state index in [1.807, 2.05) is 18.2 Å². The van der Waals surface area contributed by atoms with Crippen LogP contribution in [0.5, 0.6) is 5.75 Å². The number of β-amino-alcohol motifs (C(OH)–C–C–N with tert-alkyl or cyclic N) is 1. The number of aliphatic hydroxyl groups is 1. The molecular formula is C14H20N2O3. The number of fused-ring (bicyclic) bond motifs is 1. The van der Waals surface area contributed by atoms with E-state index in [0.717, 1.165) is 17.7 Å². The fourth-order valence-electron chi connectivity index (χ4n) is 2.27. The summed E-state index contributed by atoms with van der Waals surface area (Å²) in [5.41, 5.74) is 2.05. The molecule has 1 aliphatic rings. The number of amides is 1. The van der Waals surface area contributed by atoms with E-state index in [1.54, 1.807) is 0 Å². The van der Waals surface area contributed by atoms with Crippen LogP contribution in [0.15, 0.2) is 18.2 Å². The monoisotopic (exact) mass is 264 g/mol. The van der Waals surface area contributed by atoms with Crippen LogP contribution >= 0.6 is 0 Å². The van der Waals surface area contributed by atoms with E-state index in [9.17, 15) is 9.90 Å². The zero-order valence-electron chi connectivity index (χ0n) is 11.3. The molecule has 0 aromatic heterocycles. The Kier molecular flexibility index (Phi) is 4.39. The number of rotatable bonds is 5. The minimum Gasteiger partial charge on any atom is -0.473 e. The number of ether oxygens (including phenoxy) is 1. The fourth-order valence-corrected chi connectivity index (χ4v) is 2.27. The Labute approximate surface area is 113 Å². The minimum absolute atomic E-state index is 0.135. The highest BCUT2D eigenvalue weighted by Crippen LogP contribution is 2.30. The topological polar surface area (TPSA) is 61.8 Å². The van der Waals surface area contributed by atoms with Crippen LogP contribution in [0.2, 0.25) is 0 Å².